The lowest BCUT2D eigenvalue weighted by atomic mass is 10.0. The van der Waals surface area contributed by atoms with Crippen LogP contribution in [0.5, 0.6) is 0 Å². The van der Waals surface area contributed by atoms with Crippen LogP contribution in [-0.2, 0) is 6.42 Å². The van der Waals surface area contributed by atoms with Crippen LogP contribution in [0.4, 0.5) is 4.39 Å². The van der Waals surface area contributed by atoms with Crippen molar-refractivity contribution in [2.24, 2.45) is 5.16 Å². The molecule has 0 spiro atoms. The molecule has 0 fully saturated rings. The molecule has 1 aromatic heterocycles. The quantitative estimate of drug-likeness (QED) is 0.500. The number of hydrogen-bond acceptors (Lipinski definition) is 3. The summed E-state index contributed by atoms with van der Waals surface area (Å²) in [6.07, 6.45) is 3.61. The third kappa shape index (κ3) is 2.87. The minimum absolute atomic E-state index is 0.297. The zero-order valence-electron chi connectivity index (χ0n) is 9.05. The van der Waals surface area contributed by atoms with Crippen molar-refractivity contribution in [2.75, 3.05) is 0 Å². The Kier molecular flexibility index (Phi) is 3.45. The molecule has 0 radical (unpaired) electrons. The molecule has 0 saturated heterocycles. The van der Waals surface area contributed by atoms with Gasteiger partial charge in [0, 0.05) is 24.4 Å². The average molecular weight is 230 g/mol. The molecule has 0 aliphatic heterocycles. The van der Waals surface area contributed by atoms with Crippen LogP contribution in [0.2, 0.25) is 0 Å². The SMILES string of the molecule is O/N=C(\Cc1cccc(F)c1)c1ccncc1. The van der Waals surface area contributed by atoms with Crippen molar-refractivity contribution < 1.29 is 9.60 Å². The number of nitrogens with zero attached hydrogens (tertiary/aromatic N) is 2. The van der Waals surface area contributed by atoms with Gasteiger partial charge in [-0.2, -0.15) is 0 Å². The Labute approximate surface area is 98.2 Å². The maximum Gasteiger partial charge on any atom is 0.123 e. The summed E-state index contributed by atoms with van der Waals surface area (Å²) in [7, 11) is 0. The highest BCUT2D eigenvalue weighted by Crippen LogP contribution is 2.09. The number of halogens is 1. The van der Waals surface area contributed by atoms with Crippen LogP contribution >= 0.6 is 0 Å². The average Bonchev–Trinajstić information content (AvgIpc) is 2.37. The van der Waals surface area contributed by atoms with Crippen molar-refractivity contribution in [3.05, 3.63) is 65.7 Å². The van der Waals surface area contributed by atoms with Crippen molar-refractivity contribution in [2.45, 2.75) is 6.42 Å². The molecule has 0 atom stereocenters. The Balaban J connectivity index is 2.23. The number of oxime groups is 1. The van der Waals surface area contributed by atoms with E-state index in [0.29, 0.717) is 12.1 Å². The van der Waals surface area contributed by atoms with Crippen molar-refractivity contribution in [3.63, 3.8) is 0 Å². The summed E-state index contributed by atoms with van der Waals surface area (Å²) in [6.45, 7) is 0. The first kappa shape index (κ1) is 11.3. The van der Waals surface area contributed by atoms with Gasteiger partial charge >= 0.3 is 0 Å². The molecule has 1 heterocycles. The molecule has 2 aromatic rings. The van der Waals surface area contributed by atoms with E-state index in [4.69, 9.17) is 5.21 Å². The van der Waals surface area contributed by atoms with Crippen LogP contribution in [0.3, 0.4) is 0 Å². The molecular formula is C13H11FN2O. The fraction of sp³-hybridized carbons (Fsp3) is 0.0769. The Morgan fingerprint density at radius 2 is 2.00 bits per heavy atom. The van der Waals surface area contributed by atoms with E-state index in [1.165, 1.54) is 12.1 Å². The summed E-state index contributed by atoms with van der Waals surface area (Å²) in [6, 6.07) is 9.71. The molecule has 0 saturated carbocycles. The van der Waals surface area contributed by atoms with Crippen LogP contribution < -0.4 is 0 Å². The maximum absolute atomic E-state index is 13.0. The Morgan fingerprint density at radius 3 is 2.65 bits per heavy atom. The van der Waals surface area contributed by atoms with Gasteiger partial charge in [0.25, 0.3) is 0 Å². The van der Waals surface area contributed by atoms with E-state index >= 15 is 0 Å². The maximum atomic E-state index is 13.0. The van der Waals surface area contributed by atoms with Crippen LogP contribution in [0.15, 0.2) is 53.9 Å². The van der Waals surface area contributed by atoms with Gasteiger partial charge in [0.1, 0.15) is 5.82 Å². The standard InChI is InChI=1S/C13H11FN2O/c14-12-3-1-2-10(8-12)9-13(16-17)11-4-6-15-7-5-11/h1-8,17H,9H2/b16-13+. The number of aromatic nitrogens is 1. The second-order valence-electron chi connectivity index (χ2n) is 3.59. The summed E-state index contributed by atoms with van der Waals surface area (Å²) >= 11 is 0. The highest BCUT2D eigenvalue weighted by Gasteiger charge is 2.06. The molecule has 0 aliphatic carbocycles. The third-order valence-corrected chi connectivity index (χ3v) is 2.39. The lowest BCUT2D eigenvalue weighted by Crippen LogP contribution is -2.05. The summed E-state index contributed by atoms with van der Waals surface area (Å²) in [5, 5.41) is 12.2. The fourth-order valence-electron chi connectivity index (χ4n) is 1.58. The molecule has 0 unspecified atom stereocenters. The molecule has 86 valence electrons. The molecule has 0 amide bonds. The molecule has 0 aliphatic rings. The van der Waals surface area contributed by atoms with E-state index in [1.807, 2.05) is 0 Å². The van der Waals surface area contributed by atoms with Gasteiger partial charge in [-0.1, -0.05) is 17.3 Å². The number of benzene rings is 1. The van der Waals surface area contributed by atoms with Crippen molar-refractivity contribution in [1.29, 1.82) is 0 Å². The minimum Gasteiger partial charge on any atom is -0.411 e. The van der Waals surface area contributed by atoms with Gasteiger partial charge in [0.2, 0.25) is 0 Å². The second-order valence-corrected chi connectivity index (χ2v) is 3.59. The van der Waals surface area contributed by atoms with Gasteiger partial charge in [-0.25, -0.2) is 4.39 Å². The molecule has 0 bridgehead atoms. The first-order chi connectivity index (χ1) is 8.29. The lowest BCUT2D eigenvalue weighted by molar-refractivity contribution is 0.318. The number of hydrogen-bond donors (Lipinski definition) is 1. The largest absolute Gasteiger partial charge is 0.411 e. The van der Waals surface area contributed by atoms with Crippen LogP contribution in [-0.4, -0.2) is 15.9 Å². The second kappa shape index (κ2) is 5.21. The molecule has 2 rings (SSSR count). The van der Waals surface area contributed by atoms with E-state index < -0.39 is 0 Å². The minimum atomic E-state index is -0.297. The zero-order valence-corrected chi connectivity index (χ0v) is 9.05. The van der Waals surface area contributed by atoms with Crippen molar-refractivity contribution in [3.8, 4) is 0 Å². The van der Waals surface area contributed by atoms with E-state index in [-0.39, 0.29) is 5.82 Å². The Bertz CT molecular complexity index is 526. The van der Waals surface area contributed by atoms with Crippen molar-refractivity contribution in [1.82, 2.24) is 4.98 Å². The van der Waals surface area contributed by atoms with Gasteiger partial charge in [-0.3, -0.25) is 4.98 Å². The smallest absolute Gasteiger partial charge is 0.123 e. The molecule has 1 aromatic carbocycles. The normalized spacial score (nSPS) is 11.5. The zero-order chi connectivity index (χ0) is 12.1. The Hall–Kier alpha value is -2.23. The van der Waals surface area contributed by atoms with E-state index in [2.05, 4.69) is 10.1 Å². The van der Waals surface area contributed by atoms with Crippen LogP contribution in [0.25, 0.3) is 0 Å². The van der Waals surface area contributed by atoms with E-state index in [1.54, 1.807) is 36.7 Å². The number of pyridine rings is 1. The van der Waals surface area contributed by atoms with E-state index in [9.17, 15) is 4.39 Å². The van der Waals surface area contributed by atoms with E-state index in [0.717, 1.165) is 11.1 Å². The molecule has 1 N–H and O–H groups in total. The highest BCUT2D eigenvalue weighted by molar-refractivity contribution is 6.01. The van der Waals surface area contributed by atoms with Crippen LogP contribution in [0, 0.1) is 5.82 Å². The molecule has 4 heteroatoms. The lowest BCUT2D eigenvalue weighted by Gasteiger charge is -2.04. The van der Waals surface area contributed by atoms with Crippen molar-refractivity contribution >= 4 is 5.71 Å². The van der Waals surface area contributed by atoms with Gasteiger partial charge in [-0.15, -0.1) is 0 Å². The first-order valence-corrected chi connectivity index (χ1v) is 5.15. The molecule has 3 nitrogen and oxygen atoms in total. The predicted octanol–water partition coefficient (Wildman–Crippen LogP) is 2.64. The van der Waals surface area contributed by atoms with Gasteiger partial charge < -0.3 is 5.21 Å². The summed E-state index contributed by atoms with van der Waals surface area (Å²) in [4.78, 5) is 3.89. The van der Waals surface area contributed by atoms with Gasteiger partial charge in [-0.05, 0) is 29.8 Å². The first-order valence-electron chi connectivity index (χ1n) is 5.15. The van der Waals surface area contributed by atoms with Gasteiger partial charge in [0.15, 0.2) is 0 Å². The predicted molar refractivity (Wildman–Crippen MR) is 62.7 cm³/mol. The fourth-order valence-corrected chi connectivity index (χ4v) is 1.58. The summed E-state index contributed by atoms with van der Waals surface area (Å²) < 4.78 is 13.0. The topological polar surface area (TPSA) is 45.5 Å². The monoisotopic (exact) mass is 230 g/mol. The summed E-state index contributed by atoms with van der Waals surface area (Å²) in [5.74, 6) is -0.297. The van der Waals surface area contributed by atoms with Gasteiger partial charge in [0.05, 0.1) is 5.71 Å². The summed E-state index contributed by atoms with van der Waals surface area (Å²) in [5.41, 5.74) is 2.01. The number of rotatable bonds is 3. The molecular weight excluding hydrogens is 219 g/mol. The third-order valence-electron chi connectivity index (χ3n) is 2.39. The van der Waals surface area contributed by atoms with Crippen LogP contribution in [0.1, 0.15) is 11.1 Å². The molecule has 17 heavy (non-hydrogen) atoms. The highest BCUT2D eigenvalue weighted by atomic mass is 19.1. The Morgan fingerprint density at radius 1 is 1.24 bits per heavy atom.